The number of hydrogen-bond donors (Lipinski definition) is 1. The Bertz CT molecular complexity index is 861. The quantitative estimate of drug-likeness (QED) is 0.861. The molecule has 4 nitrogen and oxygen atoms in total. The minimum Gasteiger partial charge on any atom is -0.481 e. The second-order valence-electron chi connectivity index (χ2n) is 4.32. The Labute approximate surface area is 117 Å². The van der Waals surface area contributed by atoms with E-state index in [2.05, 4.69) is 0 Å². The molecule has 0 spiro atoms. The number of ketones is 1. The number of fused-ring (bicyclic) bond motifs is 1. The third-order valence-corrected chi connectivity index (χ3v) is 3.27. The maximum atomic E-state index is 12.8. The lowest BCUT2D eigenvalue weighted by Gasteiger charge is -2.07. The van der Waals surface area contributed by atoms with E-state index < -0.39 is 53.4 Å². The van der Waals surface area contributed by atoms with Gasteiger partial charge in [-0.25, -0.2) is 0 Å². The molecular weight excluding hydrogens is 242 g/mol. The largest absolute Gasteiger partial charge is 0.481 e. The van der Waals surface area contributed by atoms with E-state index in [0.717, 1.165) is 0 Å². The monoisotopic (exact) mass is 260 g/mol. The smallest absolute Gasteiger partial charge is 0.312 e. The first kappa shape index (κ1) is 7.28. The van der Waals surface area contributed by atoms with E-state index in [1.54, 1.807) is 10.8 Å². The van der Waals surface area contributed by atoms with E-state index in [9.17, 15) is 14.7 Å². The molecule has 2 heterocycles. The van der Waals surface area contributed by atoms with Gasteiger partial charge < -0.3 is 9.67 Å². The van der Waals surface area contributed by atoms with Crippen LogP contribution in [0.2, 0.25) is 0 Å². The summed E-state index contributed by atoms with van der Waals surface area (Å²) in [6.45, 7) is 0.458. The molecule has 19 heavy (non-hydrogen) atoms. The van der Waals surface area contributed by atoms with Crippen LogP contribution < -0.4 is 0 Å². The molecule has 1 N–H and O–H groups in total. The lowest BCUT2D eigenvalue weighted by Crippen LogP contribution is -2.12. The highest BCUT2D eigenvalue weighted by molar-refractivity contribution is 6.10. The summed E-state index contributed by atoms with van der Waals surface area (Å²) in [5.41, 5.74) is -0.0521. The van der Waals surface area contributed by atoms with E-state index >= 15 is 0 Å². The number of rotatable bonds is 3. The molecular formula is C15H13NO3. The van der Waals surface area contributed by atoms with Gasteiger partial charge in [-0.05, 0) is 12.5 Å². The van der Waals surface area contributed by atoms with E-state index in [0.29, 0.717) is 18.7 Å². The maximum Gasteiger partial charge on any atom is 0.312 e. The van der Waals surface area contributed by atoms with Gasteiger partial charge in [0, 0.05) is 29.6 Å². The molecule has 0 saturated carbocycles. The first-order chi connectivity index (χ1) is 11.3. The number of carboxylic acid groups (broad SMARTS) is 1. The molecule has 4 heteroatoms. The molecule has 1 aromatic carbocycles. The molecule has 0 bridgehead atoms. The predicted molar refractivity (Wildman–Crippen MR) is 69.3 cm³/mol. The zero-order valence-corrected chi connectivity index (χ0v) is 9.86. The summed E-state index contributed by atoms with van der Waals surface area (Å²) in [6, 6.07) is -1.50. The van der Waals surface area contributed by atoms with Crippen molar-refractivity contribution in [2.24, 2.45) is 0 Å². The van der Waals surface area contributed by atoms with Gasteiger partial charge in [0.05, 0.1) is 12.8 Å². The third kappa shape index (κ3) is 1.85. The lowest BCUT2D eigenvalue weighted by atomic mass is 9.96. The standard InChI is InChI=1S/C15H13NO3/c17-14(10-4-2-1-3-5-10)11-6-8-16-9-7-12(13(11)16)15(18)19/h1-6,8,12H,7,9H2,(H,18,19)/i1D,2D,3D,4D,5D. The average molecular weight is 260 g/mol. The molecule has 0 radical (unpaired) electrons. The van der Waals surface area contributed by atoms with E-state index in [-0.39, 0.29) is 5.56 Å². The Kier molecular flexibility index (Phi) is 1.68. The fraction of sp³-hybridized carbons (Fsp3) is 0.200. The number of aromatic nitrogens is 1. The predicted octanol–water partition coefficient (Wildman–Crippen LogP) is 2.29. The summed E-state index contributed by atoms with van der Waals surface area (Å²) in [7, 11) is 0. The molecule has 0 saturated heterocycles. The summed E-state index contributed by atoms with van der Waals surface area (Å²) < 4.78 is 40.3. The molecule has 0 fully saturated rings. The number of carbonyl (C=O) groups excluding carboxylic acids is 1. The zero-order chi connectivity index (χ0) is 17.8. The highest BCUT2D eigenvalue weighted by Crippen LogP contribution is 2.33. The van der Waals surface area contributed by atoms with Crippen LogP contribution in [0.3, 0.4) is 0 Å². The molecule has 1 atom stereocenters. The van der Waals surface area contributed by atoms with E-state index in [1.165, 1.54) is 6.07 Å². The van der Waals surface area contributed by atoms with Crippen LogP contribution in [-0.2, 0) is 11.3 Å². The van der Waals surface area contributed by atoms with Crippen LogP contribution in [0.1, 0.15) is 40.8 Å². The van der Waals surface area contributed by atoms with Crippen LogP contribution in [0.25, 0.3) is 0 Å². The summed E-state index contributed by atoms with van der Waals surface area (Å²) in [4.78, 5) is 24.2. The summed E-state index contributed by atoms with van der Waals surface area (Å²) in [5.74, 6) is -2.65. The molecule has 96 valence electrons. The molecule has 2 aromatic rings. The lowest BCUT2D eigenvalue weighted by molar-refractivity contribution is -0.138. The van der Waals surface area contributed by atoms with Crippen LogP contribution in [-0.4, -0.2) is 21.4 Å². The van der Waals surface area contributed by atoms with Gasteiger partial charge in [-0.3, -0.25) is 9.59 Å². The number of benzene rings is 1. The van der Waals surface area contributed by atoms with Crippen molar-refractivity contribution in [1.82, 2.24) is 4.57 Å². The van der Waals surface area contributed by atoms with Gasteiger partial charge in [0.25, 0.3) is 0 Å². The maximum absolute atomic E-state index is 12.8. The Morgan fingerprint density at radius 3 is 2.74 bits per heavy atom. The fourth-order valence-electron chi connectivity index (χ4n) is 2.40. The van der Waals surface area contributed by atoms with Crippen molar-refractivity contribution in [3.63, 3.8) is 0 Å². The number of aryl methyl sites for hydroxylation is 1. The van der Waals surface area contributed by atoms with Gasteiger partial charge in [-0.2, -0.15) is 0 Å². The number of carboxylic acids is 1. The first-order valence-electron chi connectivity index (χ1n) is 8.29. The second-order valence-corrected chi connectivity index (χ2v) is 4.32. The topological polar surface area (TPSA) is 59.3 Å². The van der Waals surface area contributed by atoms with Crippen LogP contribution in [0.15, 0.2) is 42.5 Å². The Morgan fingerprint density at radius 2 is 2.05 bits per heavy atom. The second kappa shape index (κ2) is 4.39. The van der Waals surface area contributed by atoms with Gasteiger partial charge in [0.15, 0.2) is 5.78 Å². The van der Waals surface area contributed by atoms with Crippen molar-refractivity contribution >= 4 is 11.8 Å². The third-order valence-electron chi connectivity index (χ3n) is 3.27. The zero-order valence-electron chi connectivity index (χ0n) is 14.9. The van der Waals surface area contributed by atoms with Crippen molar-refractivity contribution in [1.29, 1.82) is 0 Å². The van der Waals surface area contributed by atoms with Crippen LogP contribution >= 0.6 is 0 Å². The van der Waals surface area contributed by atoms with Crippen molar-refractivity contribution < 1.29 is 21.5 Å². The number of nitrogens with zero attached hydrogens (tertiary/aromatic N) is 1. The molecule has 1 aromatic heterocycles. The van der Waals surface area contributed by atoms with Crippen molar-refractivity contribution in [2.75, 3.05) is 0 Å². The number of hydrogen-bond acceptors (Lipinski definition) is 2. The number of carbonyl (C=O) groups is 2. The minimum absolute atomic E-state index is 0.0680. The van der Waals surface area contributed by atoms with Crippen molar-refractivity contribution in [3.8, 4) is 0 Å². The molecule has 0 aliphatic carbocycles. The van der Waals surface area contributed by atoms with Gasteiger partial charge in [0.2, 0.25) is 0 Å². The average Bonchev–Trinajstić information content (AvgIpc) is 3.12. The van der Waals surface area contributed by atoms with E-state index in [4.69, 9.17) is 6.85 Å². The Morgan fingerprint density at radius 1 is 1.32 bits per heavy atom. The molecule has 0 amide bonds. The normalized spacial score (nSPS) is 20.8. The molecule has 1 unspecified atom stereocenters. The van der Waals surface area contributed by atoms with Gasteiger partial charge in [-0.1, -0.05) is 30.2 Å². The van der Waals surface area contributed by atoms with Gasteiger partial charge in [0.1, 0.15) is 0 Å². The van der Waals surface area contributed by atoms with Crippen LogP contribution in [0.5, 0.6) is 0 Å². The minimum atomic E-state index is -1.05. The number of aliphatic carboxylic acids is 1. The molecule has 3 rings (SSSR count). The van der Waals surface area contributed by atoms with Crippen molar-refractivity contribution in [3.05, 3.63) is 59.3 Å². The molecule has 1 aliphatic rings. The highest BCUT2D eigenvalue weighted by atomic mass is 16.4. The summed E-state index contributed by atoms with van der Waals surface area (Å²) in [6.07, 6.45) is 1.94. The van der Waals surface area contributed by atoms with Crippen molar-refractivity contribution in [2.45, 2.75) is 18.9 Å². The Hall–Kier alpha value is -2.36. The molecule has 1 aliphatic heterocycles. The van der Waals surface area contributed by atoms with Crippen LogP contribution in [0, 0.1) is 0 Å². The SMILES string of the molecule is [2H]c1c([2H])c([2H])c(C(=O)c2ccn3c2C(C(=O)O)CC3)c([2H])c1[2H]. The first-order valence-corrected chi connectivity index (χ1v) is 5.79. The highest BCUT2D eigenvalue weighted by Gasteiger charge is 2.33. The van der Waals surface area contributed by atoms with Gasteiger partial charge in [-0.15, -0.1) is 0 Å². The van der Waals surface area contributed by atoms with Gasteiger partial charge >= 0.3 is 5.97 Å². The van der Waals surface area contributed by atoms with Crippen LogP contribution in [0.4, 0.5) is 0 Å². The Balaban J connectivity index is 2.19. The van der Waals surface area contributed by atoms with E-state index in [1.807, 2.05) is 0 Å². The summed E-state index contributed by atoms with van der Waals surface area (Å²) >= 11 is 0. The summed E-state index contributed by atoms with van der Waals surface area (Å²) in [5, 5.41) is 9.31. The fourth-order valence-corrected chi connectivity index (χ4v) is 2.40.